The Hall–Kier alpha value is 0.530. The molecule has 2 nitrogen and oxygen atoms in total. The minimum atomic E-state index is -0.383. The van der Waals surface area contributed by atoms with E-state index in [1.165, 1.54) is 7.11 Å². The molecule has 0 aliphatic heterocycles. The van der Waals surface area contributed by atoms with Crippen LogP contribution in [0.4, 0.5) is 0 Å². The molecule has 5 heteroatoms. The van der Waals surface area contributed by atoms with E-state index in [0.717, 1.165) is 0 Å². The highest BCUT2D eigenvalue weighted by Gasteiger charge is 2.13. The molecule has 0 saturated carbocycles. The molecule has 0 spiro atoms. The minimum Gasteiger partial charge on any atom is -0.382 e. The molecule has 0 aliphatic rings. The molecule has 0 rings (SSSR count). The second kappa shape index (κ2) is 6.09. The predicted molar refractivity (Wildman–Crippen MR) is 47.3 cm³/mol. The van der Waals surface area contributed by atoms with Crippen LogP contribution in [0.2, 0.25) is 0 Å². The fourth-order valence-electron chi connectivity index (χ4n) is 0.518. The maximum atomic E-state index is 5.67. The minimum absolute atomic E-state index is 0.00978. The molecule has 0 heterocycles. The first-order valence-corrected chi connectivity index (χ1v) is 3.99. The molecule has 0 aliphatic carbocycles. The van der Waals surface area contributed by atoms with E-state index >= 15 is 0 Å². The summed E-state index contributed by atoms with van der Waals surface area (Å²) in [5, 5.41) is 0.262. The Bertz CT molecular complexity index is 143. The molecule has 0 radical (unpaired) electrons. The van der Waals surface area contributed by atoms with Crippen LogP contribution in [0.5, 0.6) is 0 Å². The lowest BCUT2D eigenvalue weighted by atomic mass is 10.4. The third-order valence-electron chi connectivity index (χ3n) is 1.07. The van der Waals surface area contributed by atoms with Gasteiger partial charge in [-0.25, -0.2) is 0 Å². The molecular formula is C6H9Cl3O2. The Morgan fingerprint density at radius 3 is 2.09 bits per heavy atom. The molecule has 1 atom stereocenters. The van der Waals surface area contributed by atoms with Crippen LogP contribution in [0, 0.1) is 0 Å². The Labute approximate surface area is 81.0 Å². The molecule has 0 amide bonds. The van der Waals surface area contributed by atoms with Crippen molar-refractivity contribution >= 4 is 34.8 Å². The molecule has 0 bridgehead atoms. The first-order valence-electron chi connectivity index (χ1n) is 2.85. The van der Waals surface area contributed by atoms with Crippen molar-refractivity contribution in [1.29, 1.82) is 0 Å². The molecule has 1 unspecified atom stereocenters. The SMILES string of the molecule is COCC(OC)C(Cl)=C(Cl)Cl. The number of ether oxygens (including phenoxy) is 2. The number of methoxy groups -OCH3 is 2. The second-order valence-electron chi connectivity index (χ2n) is 1.79. The third kappa shape index (κ3) is 4.19. The molecule has 0 aromatic heterocycles. The van der Waals surface area contributed by atoms with E-state index in [1.54, 1.807) is 7.11 Å². The second-order valence-corrected chi connectivity index (χ2v) is 3.14. The molecule has 0 aromatic rings. The van der Waals surface area contributed by atoms with Crippen LogP contribution in [0.3, 0.4) is 0 Å². The fraction of sp³-hybridized carbons (Fsp3) is 0.667. The smallest absolute Gasteiger partial charge is 0.124 e. The first-order chi connectivity index (χ1) is 5.13. The predicted octanol–water partition coefficient (Wildman–Crippen LogP) is 2.53. The summed E-state index contributed by atoms with van der Waals surface area (Å²) in [6, 6.07) is 0. The summed E-state index contributed by atoms with van der Waals surface area (Å²) in [5.41, 5.74) is 0. The lowest BCUT2D eigenvalue weighted by molar-refractivity contribution is 0.0545. The average Bonchev–Trinajstić information content (AvgIpc) is 1.98. The average molecular weight is 219 g/mol. The van der Waals surface area contributed by atoms with Crippen molar-refractivity contribution in [2.45, 2.75) is 6.10 Å². The van der Waals surface area contributed by atoms with Gasteiger partial charge in [0.15, 0.2) is 0 Å². The van der Waals surface area contributed by atoms with Crippen molar-refractivity contribution in [1.82, 2.24) is 0 Å². The van der Waals surface area contributed by atoms with E-state index in [-0.39, 0.29) is 15.6 Å². The van der Waals surface area contributed by atoms with E-state index in [1.807, 2.05) is 0 Å². The zero-order valence-electron chi connectivity index (χ0n) is 6.23. The summed E-state index contributed by atoms with van der Waals surface area (Å²) in [6.07, 6.45) is -0.383. The van der Waals surface area contributed by atoms with Crippen molar-refractivity contribution in [3.05, 3.63) is 9.52 Å². The monoisotopic (exact) mass is 218 g/mol. The van der Waals surface area contributed by atoms with Gasteiger partial charge in [-0.1, -0.05) is 34.8 Å². The van der Waals surface area contributed by atoms with Crippen molar-refractivity contribution in [3.8, 4) is 0 Å². The van der Waals surface area contributed by atoms with Crippen LogP contribution in [-0.2, 0) is 9.47 Å². The number of hydrogen-bond acceptors (Lipinski definition) is 2. The van der Waals surface area contributed by atoms with Gasteiger partial charge in [-0.15, -0.1) is 0 Å². The van der Waals surface area contributed by atoms with Crippen LogP contribution in [0.1, 0.15) is 0 Å². The highest BCUT2D eigenvalue weighted by molar-refractivity contribution is 6.59. The summed E-state index contributed by atoms with van der Waals surface area (Å²) < 4.78 is 9.75. The van der Waals surface area contributed by atoms with Gasteiger partial charge in [0.2, 0.25) is 0 Å². The third-order valence-corrected chi connectivity index (χ3v) is 2.10. The van der Waals surface area contributed by atoms with E-state index in [2.05, 4.69) is 0 Å². The van der Waals surface area contributed by atoms with Crippen molar-refractivity contribution in [2.24, 2.45) is 0 Å². The molecule has 0 saturated heterocycles. The standard InChI is InChI=1S/C6H9Cl3O2/c1-10-3-4(11-2)5(7)6(8)9/h4H,3H2,1-2H3. The lowest BCUT2D eigenvalue weighted by Gasteiger charge is -2.12. The highest BCUT2D eigenvalue weighted by Crippen LogP contribution is 2.22. The normalized spacial score (nSPS) is 12.8. The van der Waals surface area contributed by atoms with Gasteiger partial charge >= 0.3 is 0 Å². The molecule has 0 N–H and O–H groups in total. The maximum absolute atomic E-state index is 5.67. The van der Waals surface area contributed by atoms with Crippen LogP contribution in [0.25, 0.3) is 0 Å². The summed E-state index contributed by atoms with van der Waals surface area (Å²) in [7, 11) is 3.04. The largest absolute Gasteiger partial charge is 0.382 e. The van der Waals surface area contributed by atoms with Gasteiger partial charge < -0.3 is 9.47 Å². The summed E-state index contributed by atoms with van der Waals surface area (Å²) in [5.74, 6) is 0. The van der Waals surface area contributed by atoms with Gasteiger partial charge in [-0.05, 0) is 0 Å². The summed E-state index contributed by atoms with van der Waals surface area (Å²) in [6.45, 7) is 0.332. The zero-order valence-corrected chi connectivity index (χ0v) is 8.50. The van der Waals surface area contributed by atoms with Crippen molar-refractivity contribution < 1.29 is 9.47 Å². The Morgan fingerprint density at radius 1 is 1.27 bits per heavy atom. The van der Waals surface area contributed by atoms with Crippen LogP contribution >= 0.6 is 34.8 Å². The van der Waals surface area contributed by atoms with Crippen molar-refractivity contribution in [2.75, 3.05) is 20.8 Å². The van der Waals surface area contributed by atoms with E-state index in [0.29, 0.717) is 6.61 Å². The van der Waals surface area contributed by atoms with Gasteiger partial charge in [-0.3, -0.25) is 0 Å². The van der Waals surface area contributed by atoms with Crippen LogP contribution in [0.15, 0.2) is 9.52 Å². The van der Waals surface area contributed by atoms with E-state index in [9.17, 15) is 0 Å². The number of halogens is 3. The molecule has 11 heavy (non-hydrogen) atoms. The lowest BCUT2D eigenvalue weighted by Crippen LogP contribution is -2.17. The van der Waals surface area contributed by atoms with Gasteiger partial charge in [0.05, 0.1) is 11.6 Å². The Morgan fingerprint density at radius 2 is 1.82 bits per heavy atom. The first kappa shape index (κ1) is 11.5. The topological polar surface area (TPSA) is 18.5 Å². The molecule has 0 fully saturated rings. The molecule has 66 valence electrons. The molecular weight excluding hydrogens is 210 g/mol. The van der Waals surface area contributed by atoms with Crippen LogP contribution < -0.4 is 0 Å². The molecule has 0 aromatic carbocycles. The maximum Gasteiger partial charge on any atom is 0.124 e. The van der Waals surface area contributed by atoms with Gasteiger partial charge in [0.1, 0.15) is 10.6 Å². The Kier molecular flexibility index (Phi) is 6.38. The van der Waals surface area contributed by atoms with Crippen LogP contribution in [-0.4, -0.2) is 26.9 Å². The Balaban J connectivity index is 4.14. The highest BCUT2D eigenvalue weighted by atomic mass is 35.5. The fourth-order valence-corrected chi connectivity index (χ4v) is 0.913. The number of rotatable bonds is 4. The summed E-state index contributed by atoms with van der Waals surface area (Å²) >= 11 is 16.5. The van der Waals surface area contributed by atoms with Gasteiger partial charge in [0.25, 0.3) is 0 Å². The van der Waals surface area contributed by atoms with Crippen molar-refractivity contribution in [3.63, 3.8) is 0 Å². The van der Waals surface area contributed by atoms with Gasteiger partial charge in [-0.2, -0.15) is 0 Å². The van der Waals surface area contributed by atoms with E-state index in [4.69, 9.17) is 44.3 Å². The van der Waals surface area contributed by atoms with Gasteiger partial charge in [0, 0.05) is 14.2 Å². The quantitative estimate of drug-likeness (QED) is 0.723. The zero-order chi connectivity index (χ0) is 8.85. The van der Waals surface area contributed by atoms with E-state index < -0.39 is 0 Å². The number of hydrogen-bond donors (Lipinski definition) is 0. The summed E-state index contributed by atoms with van der Waals surface area (Å²) in [4.78, 5) is 0.